The van der Waals surface area contributed by atoms with Crippen LogP contribution in [0.5, 0.6) is 0 Å². The van der Waals surface area contributed by atoms with Gasteiger partial charge in [0.2, 0.25) is 17.6 Å². The molecule has 3 heterocycles. The van der Waals surface area contributed by atoms with Crippen LogP contribution in [0.3, 0.4) is 0 Å². The molecule has 2 saturated carbocycles. The molecular formula is C44H65FN4O9. The molecule has 0 radical (unpaired) electrons. The van der Waals surface area contributed by atoms with Gasteiger partial charge in [-0.15, -0.1) is 0 Å². The molecule has 2 aliphatic carbocycles. The van der Waals surface area contributed by atoms with Gasteiger partial charge in [0.15, 0.2) is 0 Å². The summed E-state index contributed by atoms with van der Waals surface area (Å²) in [7, 11) is 1.74. The number of carbonyl (C=O) groups is 4. The number of morpholine rings is 1. The third kappa shape index (κ3) is 11.3. The predicted molar refractivity (Wildman–Crippen MR) is 217 cm³/mol. The lowest BCUT2D eigenvalue weighted by Crippen LogP contribution is -2.50. The summed E-state index contributed by atoms with van der Waals surface area (Å²) in [5.41, 5.74) is 0.351. The first-order valence-corrected chi connectivity index (χ1v) is 21.5. The molecular weight excluding hydrogens is 748 g/mol. The number of rotatable bonds is 13. The van der Waals surface area contributed by atoms with Crippen molar-refractivity contribution in [1.82, 2.24) is 15.1 Å². The van der Waals surface area contributed by atoms with E-state index in [2.05, 4.69) is 29.4 Å². The Kier molecular flexibility index (Phi) is 14.8. The number of ether oxygens (including phenoxy) is 4. The van der Waals surface area contributed by atoms with Gasteiger partial charge < -0.3 is 38.9 Å². The highest BCUT2D eigenvalue weighted by atomic mass is 19.1. The van der Waals surface area contributed by atoms with Gasteiger partial charge in [0, 0.05) is 50.3 Å². The van der Waals surface area contributed by atoms with Crippen LogP contribution < -0.4 is 10.6 Å². The second kappa shape index (κ2) is 19.5. The maximum Gasteiger partial charge on any atom is 0.407 e. The predicted octanol–water partition coefficient (Wildman–Crippen LogP) is 7.12. The Bertz CT molecular complexity index is 1700. The fourth-order valence-electron chi connectivity index (χ4n) is 9.82. The quantitative estimate of drug-likeness (QED) is 0.158. The SMILES string of the molecule is COC1CCC([C@@H]2CCN(C(=O)C3CCC([C@@H](CF)NC(=O)OC(C)(C)C)CC3)[C@H]2C(=O)Nc2ccc3oc(C(=O)OCCCN4C[C@@H](C)O[C@@H](C)C4)cc3c2)CC1. The topological polar surface area (TPSA) is 149 Å². The minimum Gasteiger partial charge on any atom is -0.460 e. The lowest BCUT2D eigenvalue weighted by Gasteiger charge is -2.38. The zero-order valence-electron chi connectivity index (χ0n) is 35.3. The number of likely N-dealkylation sites (tertiary alicyclic amines) is 1. The summed E-state index contributed by atoms with van der Waals surface area (Å²) in [4.78, 5) is 58.1. The van der Waals surface area contributed by atoms with Crippen molar-refractivity contribution in [3.63, 3.8) is 0 Å². The van der Waals surface area contributed by atoms with Crippen molar-refractivity contribution in [3.05, 3.63) is 30.0 Å². The van der Waals surface area contributed by atoms with Crippen LogP contribution in [0.25, 0.3) is 11.0 Å². The monoisotopic (exact) mass is 812 g/mol. The van der Waals surface area contributed by atoms with Crippen LogP contribution >= 0.6 is 0 Å². The third-order valence-electron chi connectivity index (χ3n) is 12.5. The van der Waals surface area contributed by atoms with Crippen LogP contribution in [-0.4, -0.2) is 116 Å². The highest BCUT2D eigenvalue weighted by Crippen LogP contribution is 2.42. The number of fused-ring (bicyclic) bond motifs is 1. The number of nitrogens with zero attached hydrogens (tertiary/aromatic N) is 2. The largest absolute Gasteiger partial charge is 0.460 e. The Morgan fingerprint density at radius 1 is 0.948 bits per heavy atom. The first-order valence-electron chi connectivity index (χ1n) is 21.5. The maximum absolute atomic E-state index is 14.4. The van der Waals surface area contributed by atoms with Gasteiger partial charge in [-0.25, -0.2) is 14.0 Å². The van der Waals surface area contributed by atoms with Crippen LogP contribution in [0.15, 0.2) is 28.7 Å². The zero-order valence-corrected chi connectivity index (χ0v) is 35.3. The zero-order chi connectivity index (χ0) is 41.6. The van der Waals surface area contributed by atoms with Gasteiger partial charge in [0.25, 0.3) is 0 Å². The van der Waals surface area contributed by atoms with Crippen LogP contribution in [0.2, 0.25) is 0 Å². The summed E-state index contributed by atoms with van der Waals surface area (Å²) in [5.74, 6) is -0.827. The molecule has 322 valence electrons. The minimum atomic E-state index is -0.714. The number of nitrogens with one attached hydrogen (secondary N) is 2. The summed E-state index contributed by atoms with van der Waals surface area (Å²) in [5, 5.41) is 6.46. The third-order valence-corrected chi connectivity index (χ3v) is 12.5. The fourth-order valence-corrected chi connectivity index (χ4v) is 9.82. The summed E-state index contributed by atoms with van der Waals surface area (Å²) < 4.78 is 42.3. The molecule has 13 nitrogen and oxygen atoms in total. The molecule has 6 rings (SSSR count). The van der Waals surface area contributed by atoms with E-state index in [1.54, 1.807) is 57.0 Å². The molecule has 2 saturated heterocycles. The standard InChI is InChI=1S/C44H65FN4O9/c1-27-25-48(26-28(2)56-27)19-7-21-55-42(52)38-23-32-22-33(14-17-37(32)57-38)46-40(50)39-35(29-12-15-34(54-6)16-13-29)18-20-49(39)41(51)31-10-8-30(9-11-31)36(24-45)47-43(53)58-44(3,4)5/h14,17,22-23,27-31,34-36,39H,7-13,15-16,18-21,24-26H2,1-6H3,(H,46,50)(H,47,53)/t27-,28+,29?,30?,31?,34?,35-,36+,39+/m0/s1. The van der Waals surface area contributed by atoms with Gasteiger partial charge in [-0.2, -0.15) is 0 Å². The normalized spacial score (nSPS) is 28.8. The number of anilines is 1. The Hall–Kier alpha value is -3.75. The van der Waals surface area contributed by atoms with Gasteiger partial charge in [-0.1, -0.05) is 0 Å². The van der Waals surface area contributed by atoms with Crippen LogP contribution in [0.1, 0.15) is 109 Å². The Morgan fingerprint density at radius 2 is 1.66 bits per heavy atom. The number of alkyl carbamates (subject to hydrolysis) is 1. The summed E-state index contributed by atoms with van der Waals surface area (Å²) in [6, 6.07) is 5.56. The van der Waals surface area contributed by atoms with Crippen molar-refractivity contribution in [1.29, 1.82) is 0 Å². The highest BCUT2D eigenvalue weighted by Gasteiger charge is 2.47. The van der Waals surface area contributed by atoms with Crippen molar-refractivity contribution >= 4 is 40.5 Å². The van der Waals surface area contributed by atoms with E-state index in [1.807, 2.05) is 0 Å². The molecule has 3 amide bonds. The van der Waals surface area contributed by atoms with Crippen molar-refractivity contribution in [2.75, 3.05) is 51.9 Å². The van der Waals surface area contributed by atoms with E-state index >= 15 is 0 Å². The van der Waals surface area contributed by atoms with Crippen LogP contribution in [-0.2, 0) is 28.5 Å². The molecule has 4 fully saturated rings. The van der Waals surface area contributed by atoms with E-state index in [4.69, 9.17) is 23.4 Å². The summed E-state index contributed by atoms with van der Waals surface area (Å²) in [6.07, 6.45) is 7.35. The molecule has 0 unspecified atom stereocenters. The van der Waals surface area contributed by atoms with Gasteiger partial charge in [0.05, 0.1) is 31.0 Å². The fraction of sp³-hybridized carbons (Fsp3) is 0.727. The van der Waals surface area contributed by atoms with Crippen molar-refractivity contribution < 1.29 is 46.9 Å². The van der Waals surface area contributed by atoms with E-state index in [0.717, 1.165) is 51.7 Å². The van der Waals surface area contributed by atoms with E-state index in [9.17, 15) is 23.6 Å². The molecule has 2 aliphatic heterocycles. The number of furan rings is 1. The summed E-state index contributed by atoms with van der Waals surface area (Å²) >= 11 is 0. The number of hydrogen-bond acceptors (Lipinski definition) is 10. The first-order chi connectivity index (χ1) is 27.7. The van der Waals surface area contributed by atoms with Crippen molar-refractivity contribution in [2.45, 2.75) is 135 Å². The molecule has 2 aromatic rings. The van der Waals surface area contributed by atoms with Gasteiger partial charge in [-0.05, 0) is 141 Å². The number of methoxy groups -OCH3 is 1. The molecule has 2 N–H and O–H groups in total. The van der Waals surface area contributed by atoms with Crippen molar-refractivity contribution in [2.24, 2.45) is 23.7 Å². The van der Waals surface area contributed by atoms with Gasteiger partial charge in [-0.3, -0.25) is 14.5 Å². The number of esters is 1. The molecule has 1 aromatic carbocycles. The molecule has 58 heavy (non-hydrogen) atoms. The molecule has 4 aliphatic rings. The van der Waals surface area contributed by atoms with E-state index < -0.39 is 36.4 Å². The molecule has 0 spiro atoms. The van der Waals surface area contributed by atoms with E-state index in [1.165, 1.54) is 0 Å². The smallest absolute Gasteiger partial charge is 0.407 e. The van der Waals surface area contributed by atoms with E-state index in [-0.39, 0.29) is 66.2 Å². The number of carbonyl (C=O) groups excluding carboxylic acids is 4. The lowest BCUT2D eigenvalue weighted by molar-refractivity contribution is -0.142. The number of halogens is 1. The van der Waals surface area contributed by atoms with Crippen molar-refractivity contribution in [3.8, 4) is 0 Å². The molecule has 5 atom stereocenters. The highest BCUT2D eigenvalue weighted by molar-refractivity contribution is 6.00. The number of benzene rings is 1. The number of alkyl halides is 1. The van der Waals surface area contributed by atoms with E-state index in [0.29, 0.717) is 55.3 Å². The second-order valence-corrected chi connectivity index (χ2v) is 18.1. The first kappa shape index (κ1) is 43.8. The average Bonchev–Trinajstić information content (AvgIpc) is 3.83. The van der Waals surface area contributed by atoms with Crippen LogP contribution in [0.4, 0.5) is 14.9 Å². The number of hydrogen-bond donors (Lipinski definition) is 2. The van der Waals surface area contributed by atoms with Crippen LogP contribution in [0, 0.1) is 23.7 Å². The number of amides is 3. The minimum absolute atomic E-state index is 0.00104. The Labute approximate surface area is 342 Å². The molecule has 14 heteroatoms. The Morgan fingerprint density at radius 3 is 2.31 bits per heavy atom. The van der Waals surface area contributed by atoms with Gasteiger partial charge in [0.1, 0.15) is 23.9 Å². The lowest BCUT2D eigenvalue weighted by atomic mass is 9.75. The second-order valence-electron chi connectivity index (χ2n) is 18.1. The van der Waals surface area contributed by atoms with Gasteiger partial charge >= 0.3 is 12.1 Å². The summed E-state index contributed by atoms with van der Waals surface area (Å²) in [6.45, 7) is 12.0. The maximum atomic E-state index is 14.4. The Balaban J connectivity index is 1.08. The molecule has 1 aromatic heterocycles. The average molecular weight is 813 g/mol. The molecule has 0 bridgehead atoms.